The van der Waals surface area contributed by atoms with Gasteiger partial charge in [-0.25, -0.2) is 14.8 Å². The number of methoxy groups -OCH3 is 1. The van der Waals surface area contributed by atoms with E-state index in [-0.39, 0.29) is 48.9 Å². The molecule has 16 nitrogen and oxygen atoms in total. The molecule has 7 rings (SSSR count). The molecule has 4 atom stereocenters. The molecule has 0 unspecified atom stereocenters. The summed E-state index contributed by atoms with van der Waals surface area (Å²) in [4.78, 5) is 72.3. The van der Waals surface area contributed by atoms with E-state index < -0.39 is 38.8 Å². The molecular formula is C45H58N8O8Si. The van der Waals surface area contributed by atoms with Crippen molar-refractivity contribution in [2.24, 2.45) is 11.8 Å². The number of carbonyl (C=O) groups excluding carboxylic acids is 4. The molecule has 0 saturated carbocycles. The largest absolute Gasteiger partial charge is 0.490 e. The van der Waals surface area contributed by atoms with Gasteiger partial charge in [0, 0.05) is 23.7 Å². The fraction of sp³-hybridized carbons (Fsp3) is 0.467. The quantitative estimate of drug-likeness (QED) is 0.0777. The third-order valence-electron chi connectivity index (χ3n) is 12.0. The second kappa shape index (κ2) is 18.3. The smallest absolute Gasteiger partial charge is 0.407 e. The van der Waals surface area contributed by atoms with Gasteiger partial charge in [0.25, 0.3) is 0 Å². The van der Waals surface area contributed by atoms with Crippen LogP contribution in [0.2, 0.25) is 19.1 Å². The number of aliphatic hydroxyl groups excluding tert-OH is 2. The van der Waals surface area contributed by atoms with Crippen LogP contribution in [-0.2, 0) is 19.1 Å². The molecule has 0 radical (unpaired) electrons. The van der Waals surface area contributed by atoms with Crippen LogP contribution in [0, 0.1) is 11.8 Å². The van der Waals surface area contributed by atoms with E-state index in [1.165, 1.54) is 7.11 Å². The average Bonchev–Trinajstić information content (AvgIpc) is 4.08. The number of nitrogens with zero attached hydrogens (tertiary/aromatic N) is 4. The van der Waals surface area contributed by atoms with E-state index in [0.717, 1.165) is 57.4 Å². The Balaban J connectivity index is 1.15. The maximum atomic E-state index is 14.0. The lowest BCUT2D eigenvalue weighted by Crippen LogP contribution is -2.52. The van der Waals surface area contributed by atoms with Gasteiger partial charge < -0.3 is 50.1 Å². The summed E-state index contributed by atoms with van der Waals surface area (Å²) in [6.45, 7) is 11.8. The first kappa shape index (κ1) is 44.3. The van der Waals surface area contributed by atoms with E-state index in [1.807, 2.05) is 69.0 Å². The molecule has 2 aliphatic rings. The van der Waals surface area contributed by atoms with Gasteiger partial charge in [-0.05, 0) is 71.5 Å². The first-order valence-electron chi connectivity index (χ1n) is 21.3. The minimum Gasteiger partial charge on any atom is -0.490 e. The van der Waals surface area contributed by atoms with Crippen molar-refractivity contribution in [3.05, 3.63) is 66.4 Å². The number of H-pyrrole nitrogens is 2. The molecule has 330 valence electrons. The summed E-state index contributed by atoms with van der Waals surface area (Å²) in [6, 6.07) is 14.9. The van der Waals surface area contributed by atoms with Crippen molar-refractivity contribution in [2.75, 3.05) is 39.6 Å². The van der Waals surface area contributed by atoms with E-state index in [4.69, 9.17) is 19.4 Å². The summed E-state index contributed by atoms with van der Waals surface area (Å²) in [5.74, 6) is 0.650. The Morgan fingerprint density at radius 2 is 1.60 bits per heavy atom. The summed E-state index contributed by atoms with van der Waals surface area (Å²) >= 11 is 0. The number of fused-ring (bicyclic) bond motifs is 3. The summed E-state index contributed by atoms with van der Waals surface area (Å²) in [5.41, 5.74) is 4.96. The lowest BCUT2D eigenvalue weighted by atomic mass is 9.98. The van der Waals surface area contributed by atoms with Crippen LogP contribution in [0.15, 0.2) is 54.7 Å². The molecule has 2 aromatic heterocycles. The van der Waals surface area contributed by atoms with E-state index in [2.05, 4.69) is 45.8 Å². The molecule has 62 heavy (non-hydrogen) atoms. The fourth-order valence-corrected chi connectivity index (χ4v) is 11.7. The molecule has 0 spiro atoms. The molecule has 5 aromatic rings. The number of benzene rings is 3. The van der Waals surface area contributed by atoms with Crippen LogP contribution in [0.25, 0.3) is 44.2 Å². The van der Waals surface area contributed by atoms with E-state index in [0.29, 0.717) is 35.8 Å². The van der Waals surface area contributed by atoms with Gasteiger partial charge in [-0.1, -0.05) is 65.1 Å². The normalized spacial score (nSPS) is 18.4. The van der Waals surface area contributed by atoms with Gasteiger partial charge in [0.15, 0.2) is 0 Å². The van der Waals surface area contributed by atoms with Crippen molar-refractivity contribution in [1.82, 2.24) is 40.4 Å². The first-order chi connectivity index (χ1) is 29.6. The zero-order chi connectivity index (χ0) is 44.5. The lowest BCUT2D eigenvalue weighted by Gasteiger charge is -2.30. The molecular weight excluding hydrogens is 809 g/mol. The number of likely N-dealkylation sites (tertiary alicyclic amines) is 1. The summed E-state index contributed by atoms with van der Waals surface area (Å²) in [6.07, 6.45) is 3.26. The molecule has 4 heterocycles. The van der Waals surface area contributed by atoms with Crippen LogP contribution in [0.4, 0.5) is 4.79 Å². The van der Waals surface area contributed by atoms with Crippen molar-refractivity contribution in [3.63, 3.8) is 0 Å². The van der Waals surface area contributed by atoms with Crippen molar-refractivity contribution >= 4 is 53.7 Å². The van der Waals surface area contributed by atoms with Crippen LogP contribution < -0.4 is 15.4 Å². The molecule has 6 N–H and O–H groups in total. The van der Waals surface area contributed by atoms with Crippen LogP contribution in [-0.4, -0.2) is 124 Å². The van der Waals surface area contributed by atoms with Crippen LogP contribution in [0.5, 0.6) is 5.75 Å². The highest BCUT2D eigenvalue weighted by molar-refractivity contribution is 6.78. The second-order valence-corrected chi connectivity index (χ2v) is 22.9. The Morgan fingerprint density at radius 3 is 2.31 bits per heavy atom. The number of amides is 4. The third-order valence-corrected chi connectivity index (χ3v) is 14.7. The molecule has 17 heteroatoms. The van der Waals surface area contributed by atoms with Crippen molar-refractivity contribution < 1.29 is 38.9 Å². The Morgan fingerprint density at radius 1 is 0.887 bits per heavy atom. The van der Waals surface area contributed by atoms with Crippen molar-refractivity contribution in [1.29, 1.82) is 0 Å². The number of aliphatic hydroxyl groups is 2. The molecule has 2 aliphatic heterocycles. The molecule has 4 amide bonds. The third kappa shape index (κ3) is 9.06. The number of ether oxygens (including phenoxy) is 2. The van der Waals surface area contributed by atoms with Crippen LogP contribution in [0.1, 0.15) is 64.3 Å². The number of nitrogens with one attached hydrogen (secondary N) is 4. The molecule has 3 aromatic carbocycles. The van der Waals surface area contributed by atoms with Gasteiger partial charge in [0.1, 0.15) is 42.7 Å². The van der Waals surface area contributed by atoms with Crippen molar-refractivity contribution in [2.45, 2.75) is 83.8 Å². The molecule has 0 aliphatic carbocycles. The Kier molecular flexibility index (Phi) is 13.1. The summed E-state index contributed by atoms with van der Waals surface area (Å²) < 4.78 is 10.9. The number of aromatic amines is 2. The van der Waals surface area contributed by atoms with E-state index in [9.17, 15) is 29.4 Å². The minimum atomic E-state index is -1.83. The van der Waals surface area contributed by atoms with Crippen LogP contribution >= 0.6 is 0 Å². The summed E-state index contributed by atoms with van der Waals surface area (Å²) in [5, 5.41) is 26.4. The number of aromatic nitrogens is 4. The highest BCUT2D eigenvalue weighted by Gasteiger charge is 2.46. The predicted molar refractivity (Wildman–Crippen MR) is 238 cm³/mol. The highest BCUT2D eigenvalue weighted by atomic mass is 28.3. The minimum absolute atomic E-state index is 0.0865. The SMILES string of the molecule is COC(=O)N[C@H](C(=O)N1C[Si](C)(C)C[C@H]1c1ncc(-c2ccc(-c3ccc4c(ccc5nc([C@@H]6CCCN6C(=O)[C@@H](NC(=O)CO)C(C)C)[nH]c54)c3)cc2OCCO)[nH]1)C(C)C. The Labute approximate surface area is 361 Å². The van der Waals surface area contributed by atoms with Gasteiger partial charge in [0.2, 0.25) is 17.7 Å². The molecule has 2 fully saturated rings. The number of carbonyl (C=O) groups is 4. The number of alkyl carbamates (subject to hydrolysis) is 1. The Hall–Kier alpha value is -5.78. The molecule has 2 saturated heterocycles. The standard InChI is InChI=1S/C45H58N8O8Si/c1-25(2)38(49-37(56)22-55)43(57)52-16-8-9-34(52)42-47-32-15-12-29-19-27(10-13-30(29)40(32)50-42)28-11-14-31(36(20-28)61-18-17-54)33-21-46-41(48-33)35-23-62(6,7)24-53(35)44(58)39(26(3)4)51-45(59)60-5/h10-15,19-21,25-26,34-35,38-39,54-55H,8-9,16-18,22-24H2,1-7H3,(H,46,48)(H,47,50)(H,49,56)(H,51,59)/t34-,35-,38-,39-/m0/s1. The van der Waals surface area contributed by atoms with E-state index >= 15 is 0 Å². The number of hydrogen-bond acceptors (Lipinski definition) is 10. The highest BCUT2D eigenvalue weighted by Crippen LogP contribution is 2.41. The monoisotopic (exact) mass is 866 g/mol. The van der Waals surface area contributed by atoms with Gasteiger partial charge in [-0.2, -0.15) is 0 Å². The molecule has 0 bridgehead atoms. The predicted octanol–water partition coefficient (Wildman–Crippen LogP) is 5.45. The number of imidazole rings is 2. The van der Waals surface area contributed by atoms with Crippen LogP contribution in [0.3, 0.4) is 0 Å². The van der Waals surface area contributed by atoms with Gasteiger partial charge >= 0.3 is 6.09 Å². The van der Waals surface area contributed by atoms with Gasteiger partial charge in [-0.3, -0.25) is 14.4 Å². The zero-order valence-electron chi connectivity index (χ0n) is 36.4. The summed E-state index contributed by atoms with van der Waals surface area (Å²) in [7, 11) is -0.551. The number of hydrogen-bond donors (Lipinski definition) is 6. The van der Waals surface area contributed by atoms with Gasteiger partial charge in [-0.15, -0.1) is 0 Å². The van der Waals surface area contributed by atoms with Gasteiger partial charge in [0.05, 0.1) is 56.8 Å². The number of rotatable bonds is 14. The lowest BCUT2D eigenvalue weighted by molar-refractivity contribution is -0.139. The zero-order valence-corrected chi connectivity index (χ0v) is 37.4. The topological polar surface area (TPSA) is 215 Å². The maximum Gasteiger partial charge on any atom is 0.407 e. The second-order valence-electron chi connectivity index (χ2n) is 17.8. The average molecular weight is 867 g/mol. The van der Waals surface area contributed by atoms with Crippen molar-refractivity contribution in [3.8, 4) is 28.1 Å². The Bertz CT molecular complexity index is 2460. The van der Waals surface area contributed by atoms with E-state index in [1.54, 1.807) is 11.1 Å². The maximum absolute atomic E-state index is 14.0. The fourth-order valence-electron chi connectivity index (χ4n) is 8.86. The first-order valence-corrected chi connectivity index (χ1v) is 24.8.